The highest BCUT2D eigenvalue weighted by molar-refractivity contribution is 5.96. The van der Waals surface area contributed by atoms with E-state index in [1.807, 2.05) is 24.3 Å². The Morgan fingerprint density at radius 3 is 2.04 bits per heavy atom. The summed E-state index contributed by atoms with van der Waals surface area (Å²) >= 11 is 0. The first-order valence-corrected chi connectivity index (χ1v) is 7.84. The molecular weight excluding hydrogens is 304 g/mol. The molecule has 24 heavy (non-hydrogen) atoms. The van der Waals surface area contributed by atoms with Crippen LogP contribution in [0.15, 0.2) is 48.5 Å². The molecule has 2 aromatic rings. The molecular formula is C19H22N2O3. The van der Waals surface area contributed by atoms with E-state index < -0.39 is 12.0 Å². The van der Waals surface area contributed by atoms with Crippen LogP contribution in [-0.4, -0.2) is 17.9 Å². The molecule has 0 spiro atoms. The summed E-state index contributed by atoms with van der Waals surface area (Å²) in [5, 5.41) is 2.74. The lowest BCUT2D eigenvalue weighted by molar-refractivity contribution is -0.122. The lowest BCUT2D eigenvalue weighted by Gasteiger charge is -2.15. The van der Waals surface area contributed by atoms with Gasteiger partial charge < -0.3 is 15.8 Å². The van der Waals surface area contributed by atoms with Gasteiger partial charge in [-0.25, -0.2) is 0 Å². The molecule has 5 heteroatoms. The zero-order valence-electron chi connectivity index (χ0n) is 14.1. The third-order valence-corrected chi connectivity index (χ3v) is 3.67. The van der Waals surface area contributed by atoms with Crippen molar-refractivity contribution in [2.24, 2.45) is 5.73 Å². The minimum atomic E-state index is -0.647. The number of hydrogen-bond donors (Lipinski definition) is 2. The molecule has 0 bridgehead atoms. The van der Waals surface area contributed by atoms with Crippen molar-refractivity contribution in [3.63, 3.8) is 0 Å². The van der Waals surface area contributed by atoms with E-state index in [4.69, 9.17) is 10.5 Å². The zero-order chi connectivity index (χ0) is 17.7. The maximum absolute atomic E-state index is 12.2. The predicted molar refractivity (Wildman–Crippen MR) is 94.2 cm³/mol. The van der Waals surface area contributed by atoms with Crippen molar-refractivity contribution in [3.8, 4) is 5.75 Å². The number of amides is 2. The molecule has 2 rings (SSSR count). The Morgan fingerprint density at radius 1 is 0.958 bits per heavy atom. The van der Waals surface area contributed by atoms with Gasteiger partial charge in [0.25, 0.3) is 5.91 Å². The first-order valence-electron chi connectivity index (χ1n) is 7.84. The first-order chi connectivity index (χ1) is 11.4. The number of benzene rings is 2. The number of rotatable bonds is 6. The summed E-state index contributed by atoms with van der Waals surface area (Å²) in [4.78, 5) is 23.2. The quantitative estimate of drug-likeness (QED) is 0.854. The molecule has 0 heterocycles. The highest BCUT2D eigenvalue weighted by Gasteiger charge is 2.15. The van der Waals surface area contributed by atoms with Gasteiger partial charge >= 0.3 is 0 Å². The number of primary amides is 1. The van der Waals surface area contributed by atoms with E-state index >= 15 is 0 Å². The molecule has 0 aromatic heterocycles. The maximum atomic E-state index is 12.2. The molecule has 1 atom stereocenters. The third-order valence-electron chi connectivity index (χ3n) is 3.67. The van der Waals surface area contributed by atoms with Crippen LogP contribution < -0.4 is 15.8 Å². The Kier molecular flexibility index (Phi) is 5.58. The van der Waals surface area contributed by atoms with Crippen LogP contribution in [0, 0.1) is 0 Å². The summed E-state index contributed by atoms with van der Waals surface area (Å²) in [6, 6.07) is 14.1. The second-order valence-corrected chi connectivity index (χ2v) is 5.91. The molecule has 0 aliphatic carbocycles. The molecule has 0 saturated heterocycles. The number of nitrogens with two attached hydrogens (primary N) is 1. The molecule has 5 nitrogen and oxygen atoms in total. The van der Waals surface area contributed by atoms with Crippen LogP contribution in [0.3, 0.4) is 0 Å². The summed E-state index contributed by atoms with van der Waals surface area (Å²) < 4.78 is 5.66. The smallest absolute Gasteiger partial charge is 0.265 e. The molecule has 0 unspecified atom stereocenters. The Labute approximate surface area is 141 Å². The molecule has 0 aliphatic rings. The van der Waals surface area contributed by atoms with Crippen LogP contribution in [0.25, 0.3) is 0 Å². The number of carbonyl (C=O) groups is 2. The van der Waals surface area contributed by atoms with Gasteiger partial charge in [0.15, 0.2) is 6.10 Å². The average Bonchev–Trinajstić information content (AvgIpc) is 2.55. The van der Waals surface area contributed by atoms with E-state index in [2.05, 4.69) is 19.2 Å². The van der Waals surface area contributed by atoms with Crippen molar-refractivity contribution in [1.29, 1.82) is 0 Å². The Morgan fingerprint density at radius 2 is 1.54 bits per heavy atom. The van der Waals surface area contributed by atoms with Crippen LogP contribution in [-0.2, 0) is 4.79 Å². The molecule has 2 amide bonds. The zero-order valence-corrected chi connectivity index (χ0v) is 14.1. The third kappa shape index (κ3) is 4.59. The summed E-state index contributed by atoms with van der Waals surface area (Å²) in [7, 11) is 0. The largest absolute Gasteiger partial charge is 0.481 e. The number of carbonyl (C=O) groups excluding carboxylic acids is 2. The van der Waals surface area contributed by atoms with Gasteiger partial charge in [-0.1, -0.05) is 26.0 Å². The highest BCUT2D eigenvalue weighted by Crippen LogP contribution is 2.19. The fraction of sp³-hybridized carbons (Fsp3) is 0.263. The fourth-order valence-electron chi connectivity index (χ4n) is 2.15. The van der Waals surface area contributed by atoms with E-state index in [1.54, 1.807) is 31.2 Å². The number of anilines is 1. The van der Waals surface area contributed by atoms with Gasteiger partial charge in [0.1, 0.15) is 5.75 Å². The van der Waals surface area contributed by atoms with Crippen LogP contribution in [0.2, 0.25) is 0 Å². The number of ether oxygens (including phenoxy) is 1. The van der Waals surface area contributed by atoms with Gasteiger partial charge in [-0.05, 0) is 54.8 Å². The molecule has 0 saturated carbocycles. The summed E-state index contributed by atoms with van der Waals surface area (Å²) in [5.74, 6) is 0.318. The minimum absolute atomic E-state index is 0.269. The lowest BCUT2D eigenvalue weighted by atomic mass is 10.0. The van der Waals surface area contributed by atoms with Crippen LogP contribution in [0.5, 0.6) is 5.75 Å². The second-order valence-electron chi connectivity index (χ2n) is 5.91. The van der Waals surface area contributed by atoms with Crippen molar-refractivity contribution in [2.75, 3.05) is 5.32 Å². The van der Waals surface area contributed by atoms with Crippen molar-refractivity contribution < 1.29 is 14.3 Å². The van der Waals surface area contributed by atoms with Gasteiger partial charge in [-0.3, -0.25) is 9.59 Å². The van der Waals surface area contributed by atoms with Gasteiger partial charge in [-0.2, -0.15) is 0 Å². The summed E-state index contributed by atoms with van der Waals surface area (Å²) in [5.41, 5.74) is 7.37. The van der Waals surface area contributed by atoms with E-state index in [-0.39, 0.29) is 5.91 Å². The van der Waals surface area contributed by atoms with E-state index in [0.717, 1.165) is 0 Å². The van der Waals surface area contributed by atoms with Crippen molar-refractivity contribution in [3.05, 3.63) is 59.7 Å². The lowest BCUT2D eigenvalue weighted by Crippen LogP contribution is -2.30. The van der Waals surface area contributed by atoms with E-state index in [0.29, 0.717) is 22.9 Å². The topological polar surface area (TPSA) is 81.4 Å². The predicted octanol–water partition coefficient (Wildman–Crippen LogP) is 3.31. The Balaban J connectivity index is 1.95. The minimum Gasteiger partial charge on any atom is -0.481 e. The van der Waals surface area contributed by atoms with Crippen molar-refractivity contribution in [1.82, 2.24) is 0 Å². The molecule has 0 fully saturated rings. The van der Waals surface area contributed by atoms with E-state index in [9.17, 15) is 9.59 Å². The van der Waals surface area contributed by atoms with Gasteiger partial charge in [0, 0.05) is 11.3 Å². The SMILES string of the molecule is CC(C)c1ccc(O[C@H](C)C(=O)Nc2ccc(C(N)=O)cc2)cc1. The van der Waals surface area contributed by atoms with Crippen LogP contribution >= 0.6 is 0 Å². The van der Waals surface area contributed by atoms with E-state index in [1.165, 1.54) is 5.56 Å². The highest BCUT2D eigenvalue weighted by atomic mass is 16.5. The molecule has 0 aliphatic heterocycles. The van der Waals surface area contributed by atoms with Gasteiger partial charge in [-0.15, -0.1) is 0 Å². The Hall–Kier alpha value is -2.82. The maximum Gasteiger partial charge on any atom is 0.265 e. The monoisotopic (exact) mass is 326 g/mol. The summed E-state index contributed by atoms with van der Waals surface area (Å²) in [6.07, 6.45) is -0.647. The first kappa shape index (κ1) is 17.5. The fourth-order valence-corrected chi connectivity index (χ4v) is 2.15. The molecule has 2 aromatic carbocycles. The van der Waals surface area contributed by atoms with Crippen LogP contribution in [0.4, 0.5) is 5.69 Å². The normalized spacial score (nSPS) is 11.8. The average molecular weight is 326 g/mol. The molecule has 126 valence electrons. The van der Waals surface area contributed by atoms with Gasteiger partial charge in [0.2, 0.25) is 5.91 Å². The molecule has 3 N–H and O–H groups in total. The summed E-state index contributed by atoms with van der Waals surface area (Å²) in [6.45, 7) is 5.92. The second kappa shape index (κ2) is 7.64. The van der Waals surface area contributed by atoms with Crippen molar-refractivity contribution >= 4 is 17.5 Å². The van der Waals surface area contributed by atoms with Crippen molar-refractivity contribution in [2.45, 2.75) is 32.8 Å². The molecule has 0 radical (unpaired) electrons. The van der Waals surface area contributed by atoms with Gasteiger partial charge in [0.05, 0.1) is 0 Å². The number of hydrogen-bond acceptors (Lipinski definition) is 3. The number of nitrogens with one attached hydrogen (secondary N) is 1. The standard InChI is InChI=1S/C19H22N2O3/c1-12(2)14-6-10-17(11-7-14)24-13(3)19(23)21-16-8-4-15(5-9-16)18(20)22/h4-13H,1-3H3,(H2,20,22)(H,21,23)/t13-/m1/s1. The van der Waals surface area contributed by atoms with Crippen LogP contribution in [0.1, 0.15) is 42.6 Å². The Bertz CT molecular complexity index is 706.